The minimum atomic E-state index is 0.631. The number of anilines is 3. The molecule has 0 saturated heterocycles. The average molecular weight is 298 g/mol. The van der Waals surface area contributed by atoms with E-state index in [9.17, 15) is 0 Å². The quantitative estimate of drug-likeness (QED) is 0.725. The van der Waals surface area contributed by atoms with Gasteiger partial charge in [-0.2, -0.15) is 26.7 Å². The van der Waals surface area contributed by atoms with Crippen molar-refractivity contribution in [3.05, 3.63) is 0 Å². The first-order chi connectivity index (χ1) is 9.56. The van der Waals surface area contributed by atoms with Gasteiger partial charge < -0.3 is 15.5 Å². The predicted octanol–water partition coefficient (Wildman–Crippen LogP) is 2.31. The number of aromatic nitrogens is 3. The fourth-order valence-corrected chi connectivity index (χ4v) is 1.82. The molecule has 20 heavy (non-hydrogen) atoms. The summed E-state index contributed by atoms with van der Waals surface area (Å²) < 4.78 is 0. The first kappa shape index (κ1) is 16.8. The van der Waals surface area contributed by atoms with E-state index in [1.165, 1.54) is 0 Å². The van der Waals surface area contributed by atoms with E-state index in [0.717, 1.165) is 25.9 Å². The van der Waals surface area contributed by atoms with Crippen LogP contribution in [0.2, 0.25) is 0 Å². The van der Waals surface area contributed by atoms with Gasteiger partial charge in [0, 0.05) is 32.4 Å². The van der Waals surface area contributed by atoms with Gasteiger partial charge in [0.05, 0.1) is 0 Å². The van der Waals surface area contributed by atoms with Gasteiger partial charge in [0.15, 0.2) is 0 Å². The third-order valence-corrected chi connectivity index (χ3v) is 3.83. The van der Waals surface area contributed by atoms with Gasteiger partial charge in [0.25, 0.3) is 0 Å². The van der Waals surface area contributed by atoms with Crippen LogP contribution in [0.15, 0.2) is 0 Å². The van der Waals surface area contributed by atoms with Crippen molar-refractivity contribution < 1.29 is 0 Å². The highest BCUT2D eigenvalue weighted by Crippen LogP contribution is 2.13. The van der Waals surface area contributed by atoms with Crippen molar-refractivity contribution in [2.24, 2.45) is 0 Å². The zero-order valence-corrected chi connectivity index (χ0v) is 13.9. The van der Waals surface area contributed by atoms with Gasteiger partial charge in [-0.1, -0.05) is 13.8 Å². The van der Waals surface area contributed by atoms with Crippen LogP contribution in [0.1, 0.15) is 26.7 Å². The summed E-state index contributed by atoms with van der Waals surface area (Å²) in [5, 5.41) is 7.12. The highest BCUT2D eigenvalue weighted by atomic mass is 32.2. The largest absolute Gasteiger partial charge is 0.354 e. The Morgan fingerprint density at radius 1 is 1.10 bits per heavy atom. The smallest absolute Gasteiger partial charge is 0.231 e. The monoisotopic (exact) mass is 298 g/mol. The van der Waals surface area contributed by atoms with Gasteiger partial charge in [-0.25, -0.2) is 0 Å². The van der Waals surface area contributed by atoms with Crippen LogP contribution < -0.4 is 15.5 Å². The number of hydrogen-bond acceptors (Lipinski definition) is 7. The topological polar surface area (TPSA) is 66.0 Å². The molecule has 0 aliphatic rings. The summed E-state index contributed by atoms with van der Waals surface area (Å²) in [5.74, 6) is 1.93. The normalized spacial score (nSPS) is 12.1. The summed E-state index contributed by atoms with van der Waals surface area (Å²) >= 11 is 1.87. The molecule has 2 N–H and O–H groups in total. The van der Waals surface area contributed by atoms with Crippen LogP contribution in [0.4, 0.5) is 17.8 Å². The van der Waals surface area contributed by atoms with Gasteiger partial charge in [-0.05, 0) is 19.1 Å². The molecule has 1 unspecified atom stereocenters. The van der Waals surface area contributed by atoms with Crippen molar-refractivity contribution in [3.63, 3.8) is 0 Å². The fourth-order valence-electron chi connectivity index (χ4n) is 1.46. The van der Waals surface area contributed by atoms with Crippen LogP contribution in [-0.4, -0.2) is 53.6 Å². The molecule has 0 aliphatic carbocycles. The van der Waals surface area contributed by atoms with E-state index in [1.54, 1.807) is 0 Å². The second-order valence-corrected chi connectivity index (χ2v) is 6.14. The van der Waals surface area contributed by atoms with Crippen LogP contribution in [0, 0.1) is 0 Å². The number of hydrogen-bond donors (Lipinski definition) is 2. The molecule has 6 nitrogen and oxygen atoms in total. The molecule has 0 saturated carbocycles. The second kappa shape index (κ2) is 8.84. The minimum absolute atomic E-state index is 0.631. The Morgan fingerprint density at radius 2 is 1.70 bits per heavy atom. The van der Waals surface area contributed by atoms with Gasteiger partial charge in [0.1, 0.15) is 0 Å². The molecule has 1 heterocycles. The SMILES string of the molecule is CCCNc1nc(NCCC(C)SC)nc(N(C)C)n1. The van der Waals surface area contributed by atoms with Crippen LogP contribution in [-0.2, 0) is 0 Å². The van der Waals surface area contributed by atoms with Crippen molar-refractivity contribution in [1.29, 1.82) is 0 Å². The molecule has 0 fully saturated rings. The lowest BCUT2D eigenvalue weighted by Gasteiger charge is -2.14. The third kappa shape index (κ3) is 5.81. The van der Waals surface area contributed by atoms with Gasteiger partial charge in [-0.15, -0.1) is 0 Å². The van der Waals surface area contributed by atoms with E-state index < -0.39 is 0 Å². The first-order valence-electron chi connectivity index (χ1n) is 7.00. The van der Waals surface area contributed by atoms with E-state index >= 15 is 0 Å². The van der Waals surface area contributed by atoms with Crippen molar-refractivity contribution >= 4 is 29.6 Å². The average Bonchev–Trinajstić information content (AvgIpc) is 2.44. The minimum Gasteiger partial charge on any atom is -0.354 e. The standard InChI is InChI=1S/C13H26N6S/c1-6-8-14-11-16-12(15-9-7-10(2)20-5)18-13(17-11)19(3)4/h10H,6-9H2,1-5H3,(H2,14,15,16,17,18). The molecular formula is C13H26N6S. The molecule has 0 amide bonds. The van der Waals surface area contributed by atoms with Crippen LogP contribution in [0.5, 0.6) is 0 Å². The summed E-state index contributed by atoms with van der Waals surface area (Å²) in [6, 6.07) is 0. The number of nitrogens with one attached hydrogen (secondary N) is 2. The van der Waals surface area contributed by atoms with E-state index in [-0.39, 0.29) is 0 Å². The first-order valence-corrected chi connectivity index (χ1v) is 8.29. The molecule has 0 aliphatic heterocycles. The van der Waals surface area contributed by atoms with Crippen LogP contribution >= 0.6 is 11.8 Å². The van der Waals surface area contributed by atoms with E-state index in [4.69, 9.17) is 0 Å². The maximum Gasteiger partial charge on any atom is 0.231 e. The molecule has 1 aromatic heterocycles. The van der Waals surface area contributed by atoms with E-state index in [2.05, 4.69) is 45.7 Å². The zero-order valence-electron chi connectivity index (χ0n) is 13.1. The lowest BCUT2D eigenvalue weighted by atomic mass is 10.3. The maximum atomic E-state index is 4.41. The molecule has 114 valence electrons. The number of nitrogens with zero attached hydrogens (tertiary/aromatic N) is 4. The van der Waals surface area contributed by atoms with E-state index in [0.29, 0.717) is 23.1 Å². The highest BCUT2D eigenvalue weighted by Gasteiger charge is 2.08. The molecule has 0 bridgehead atoms. The van der Waals surface area contributed by atoms with Crippen molar-refractivity contribution in [2.45, 2.75) is 31.9 Å². The molecule has 1 aromatic rings. The lowest BCUT2D eigenvalue weighted by Crippen LogP contribution is -2.18. The zero-order chi connectivity index (χ0) is 15.0. The Labute approximate surface area is 126 Å². The summed E-state index contributed by atoms with van der Waals surface area (Å²) in [7, 11) is 3.86. The molecular weight excluding hydrogens is 272 g/mol. The molecule has 0 radical (unpaired) electrons. The van der Waals surface area contributed by atoms with Crippen LogP contribution in [0.25, 0.3) is 0 Å². The summed E-state index contributed by atoms with van der Waals surface area (Å²) in [6.07, 6.45) is 4.25. The fraction of sp³-hybridized carbons (Fsp3) is 0.769. The Balaban J connectivity index is 2.70. The van der Waals surface area contributed by atoms with Crippen LogP contribution in [0.3, 0.4) is 0 Å². The summed E-state index contributed by atoms with van der Waals surface area (Å²) in [6.45, 7) is 6.06. The lowest BCUT2D eigenvalue weighted by molar-refractivity contribution is 0.838. The number of rotatable bonds is 9. The van der Waals surface area contributed by atoms with Gasteiger partial charge in [-0.3, -0.25) is 0 Å². The summed E-state index contributed by atoms with van der Waals surface area (Å²) in [4.78, 5) is 15.1. The van der Waals surface area contributed by atoms with Gasteiger partial charge >= 0.3 is 0 Å². The Kier molecular flexibility index (Phi) is 7.43. The van der Waals surface area contributed by atoms with Crippen molar-refractivity contribution in [3.8, 4) is 0 Å². The summed E-state index contributed by atoms with van der Waals surface area (Å²) in [5.41, 5.74) is 0. The molecule has 7 heteroatoms. The Hall–Kier alpha value is -1.24. The predicted molar refractivity (Wildman–Crippen MR) is 89.0 cm³/mol. The van der Waals surface area contributed by atoms with Crippen molar-refractivity contribution in [1.82, 2.24) is 15.0 Å². The van der Waals surface area contributed by atoms with E-state index in [1.807, 2.05) is 30.8 Å². The maximum absolute atomic E-state index is 4.41. The molecule has 1 atom stereocenters. The van der Waals surface area contributed by atoms with Gasteiger partial charge in [0.2, 0.25) is 17.8 Å². The second-order valence-electron chi connectivity index (χ2n) is 4.87. The highest BCUT2D eigenvalue weighted by molar-refractivity contribution is 7.99. The Morgan fingerprint density at radius 3 is 2.20 bits per heavy atom. The van der Waals surface area contributed by atoms with Crippen molar-refractivity contribution in [2.75, 3.05) is 49.0 Å². The molecule has 0 aromatic carbocycles. The molecule has 1 rings (SSSR count). The Bertz CT molecular complexity index is 398. The molecule has 0 spiro atoms. The number of thioether (sulfide) groups is 1. The third-order valence-electron chi connectivity index (χ3n) is 2.79.